The van der Waals surface area contributed by atoms with Gasteiger partial charge in [0, 0.05) is 6.07 Å². The number of halogens is 4. The van der Waals surface area contributed by atoms with E-state index >= 15 is 0 Å². The Balaban J connectivity index is 2.30. The van der Waals surface area contributed by atoms with E-state index in [1.54, 1.807) is 0 Å². The largest absolute Gasteiger partial charge is 0.508 e. The third-order valence-corrected chi connectivity index (χ3v) is 3.49. The molecule has 20 heavy (non-hydrogen) atoms. The van der Waals surface area contributed by atoms with Gasteiger partial charge in [-0.15, -0.1) is 0 Å². The van der Waals surface area contributed by atoms with Crippen LogP contribution < -0.4 is 5.32 Å². The first-order valence-electron chi connectivity index (χ1n) is 5.33. The second-order valence-corrected chi connectivity index (χ2v) is 5.09. The maximum atomic E-state index is 13.5. The summed E-state index contributed by atoms with van der Waals surface area (Å²) in [5.41, 5.74) is -0.0246. The van der Waals surface area contributed by atoms with Crippen molar-refractivity contribution in [3.05, 3.63) is 56.8 Å². The Hall–Kier alpha value is -1.49. The molecule has 0 saturated heterocycles. The van der Waals surface area contributed by atoms with E-state index in [1.165, 1.54) is 18.2 Å². The third kappa shape index (κ3) is 3.15. The molecule has 2 aromatic rings. The number of aromatic hydroxyl groups is 1. The Kier molecular flexibility index (Phi) is 4.38. The van der Waals surface area contributed by atoms with Gasteiger partial charge in [0.1, 0.15) is 11.6 Å². The molecule has 0 spiro atoms. The van der Waals surface area contributed by atoms with E-state index in [1.807, 2.05) is 0 Å². The lowest BCUT2D eigenvalue weighted by molar-refractivity contribution is 0.102. The standard InChI is InChI=1S/C13H7Cl3FNO2/c14-8-4-10(16)12(5-9(8)15)18-13(20)7-2-1-6(19)3-11(7)17/h1-5,19H,(H,18,20). The molecule has 2 rings (SSSR count). The summed E-state index contributed by atoms with van der Waals surface area (Å²) in [6.45, 7) is 0. The Bertz CT molecular complexity index is 692. The van der Waals surface area contributed by atoms with Gasteiger partial charge in [0.05, 0.1) is 26.3 Å². The average Bonchev–Trinajstić information content (AvgIpc) is 2.35. The smallest absolute Gasteiger partial charge is 0.258 e. The number of anilines is 1. The highest BCUT2D eigenvalue weighted by Crippen LogP contribution is 2.32. The lowest BCUT2D eigenvalue weighted by Crippen LogP contribution is -2.14. The molecule has 0 heterocycles. The maximum absolute atomic E-state index is 13.5. The molecule has 3 nitrogen and oxygen atoms in total. The molecule has 7 heteroatoms. The van der Waals surface area contributed by atoms with Crippen molar-refractivity contribution in [3.8, 4) is 5.75 Å². The molecule has 0 fully saturated rings. The number of hydrogen-bond acceptors (Lipinski definition) is 2. The predicted octanol–water partition coefficient (Wildman–Crippen LogP) is 4.74. The molecule has 0 aliphatic rings. The average molecular weight is 335 g/mol. The first-order chi connectivity index (χ1) is 9.38. The van der Waals surface area contributed by atoms with Crippen LogP contribution in [0.2, 0.25) is 15.1 Å². The highest BCUT2D eigenvalue weighted by atomic mass is 35.5. The van der Waals surface area contributed by atoms with Crippen LogP contribution in [0.3, 0.4) is 0 Å². The molecule has 0 aromatic heterocycles. The Morgan fingerprint density at radius 2 is 1.70 bits per heavy atom. The van der Waals surface area contributed by atoms with E-state index in [4.69, 9.17) is 39.9 Å². The van der Waals surface area contributed by atoms with Crippen LogP contribution >= 0.6 is 34.8 Å². The molecule has 0 saturated carbocycles. The number of carbonyl (C=O) groups excluding carboxylic acids is 1. The second-order valence-electron chi connectivity index (χ2n) is 3.86. The number of benzene rings is 2. The van der Waals surface area contributed by atoms with Crippen molar-refractivity contribution in [1.82, 2.24) is 0 Å². The van der Waals surface area contributed by atoms with Crippen molar-refractivity contribution in [2.45, 2.75) is 0 Å². The molecular formula is C13H7Cl3FNO2. The highest BCUT2D eigenvalue weighted by molar-refractivity contribution is 6.44. The van der Waals surface area contributed by atoms with Crippen molar-refractivity contribution in [2.75, 3.05) is 5.32 Å². The Morgan fingerprint density at radius 1 is 1.05 bits per heavy atom. The van der Waals surface area contributed by atoms with Gasteiger partial charge in [0.2, 0.25) is 0 Å². The van der Waals surface area contributed by atoms with Crippen LogP contribution in [0.1, 0.15) is 10.4 Å². The minimum absolute atomic E-state index is 0.173. The fourth-order valence-corrected chi connectivity index (χ4v) is 2.09. The first-order valence-corrected chi connectivity index (χ1v) is 6.46. The number of carbonyl (C=O) groups is 1. The fraction of sp³-hybridized carbons (Fsp3) is 0. The molecule has 1 amide bonds. The molecule has 2 N–H and O–H groups in total. The summed E-state index contributed by atoms with van der Waals surface area (Å²) in [7, 11) is 0. The van der Waals surface area contributed by atoms with Gasteiger partial charge < -0.3 is 10.4 Å². The van der Waals surface area contributed by atoms with E-state index < -0.39 is 11.7 Å². The zero-order valence-electron chi connectivity index (χ0n) is 9.75. The van der Waals surface area contributed by atoms with Crippen LogP contribution in [0, 0.1) is 5.82 Å². The summed E-state index contributed by atoms with van der Waals surface area (Å²) in [5.74, 6) is -1.84. The molecule has 0 atom stereocenters. The van der Waals surface area contributed by atoms with Crippen molar-refractivity contribution in [3.63, 3.8) is 0 Å². The summed E-state index contributed by atoms with van der Waals surface area (Å²) in [5, 5.41) is 12.1. The summed E-state index contributed by atoms with van der Waals surface area (Å²) in [6.07, 6.45) is 0. The number of phenols is 1. The molecule has 2 aromatic carbocycles. The summed E-state index contributed by atoms with van der Waals surface area (Å²) < 4.78 is 13.5. The van der Waals surface area contributed by atoms with Gasteiger partial charge in [0.15, 0.2) is 0 Å². The monoisotopic (exact) mass is 333 g/mol. The van der Waals surface area contributed by atoms with Crippen LogP contribution in [-0.2, 0) is 0 Å². The van der Waals surface area contributed by atoms with Crippen LogP contribution in [0.5, 0.6) is 5.75 Å². The van der Waals surface area contributed by atoms with Gasteiger partial charge in [-0.25, -0.2) is 4.39 Å². The normalized spacial score (nSPS) is 10.4. The summed E-state index contributed by atoms with van der Waals surface area (Å²) in [4.78, 5) is 11.9. The zero-order chi connectivity index (χ0) is 14.9. The lowest BCUT2D eigenvalue weighted by Gasteiger charge is -2.09. The predicted molar refractivity (Wildman–Crippen MR) is 77.5 cm³/mol. The fourth-order valence-electron chi connectivity index (χ4n) is 1.50. The molecule has 0 aliphatic carbocycles. The SMILES string of the molecule is O=C(Nc1cc(Cl)c(Cl)cc1Cl)c1ccc(O)cc1F. The van der Waals surface area contributed by atoms with Crippen LogP contribution in [-0.4, -0.2) is 11.0 Å². The number of nitrogens with one attached hydrogen (secondary N) is 1. The van der Waals surface area contributed by atoms with E-state index in [0.717, 1.165) is 12.1 Å². The minimum atomic E-state index is -0.848. The van der Waals surface area contributed by atoms with Crippen LogP contribution in [0.4, 0.5) is 10.1 Å². The number of phenolic OH excluding ortho intramolecular Hbond substituents is 1. The molecule has 0 aliphatic heterocycles. The van der Waals surface area contributed by atoms with Gasteiger partial charge in [-0.3, -0.25) is 4.79 Å². The number of hydrogen-bond donors (Lipinski definition) is 2. The van der Waals surface area contributed by atoms with Gasteiger partial charge in [-0.05, 0) is 24.3 Å². The minimum Gasteiger partial charge on any atom is -0.508 e. The Morgan fingerprint density at radius 3 is 2.35 bits per heavy atom. The second kappa shape index (κ2) is 5.87. The van der Waals surface area contributed by atoms with E-state index in [0.29, 0.717) is 0 Å². The van der Waals surface area contributed by atoms with E-state index in [-0.39, 0.29) is 32.1 Å². The van der Waals surface area contributed by atoms with Gasteiger partial charge in [-0.2, -0.15) is 0 Å². The number of amides is 1. The summed E-state index contributed by atoms with van der Waals surface area (Å²) >= 11 is 17.5. The highest BCUT2D eigenvalue weighted by Gasteiger charge is 2.15. The van der Waals surface area contributed by atoms with Crippen molar-refractivity contribution >= 4 is 46.4 Å². The van der Waals surface area contributed by atoms with Crippen molar-refractivity contribution in [1.29, 1.82) is 0 Å². The van der Waals surface area contributed by atoms with Crippen LogP contribution in [0.25, 0.3) is 0 Å². The van der Waals surface area contributed by atoms with Gasteiger partial charge in [0.25, 0.3) is 5.91 Å². The van der Waals surface area contributed by atoms with E-state index in [2.05, 4.69) is 5.32 Å². The Labute approximate surface area is 128 Å². The zero-order valence-corrected chi connectivity index (χ0v) is 12.0. The van der Waals surface area contributed by atoms with Gasteiger partial charge in [-0.1, -0.05) is 34.8 Å². The first kappa shape index (κ1) is 14.9. The van der Waals surface area contributed by atoms with Crippen molar-refractivity contribution < 1.29 is 14.3 Å². The molecule has 0 unspecified atom stereocenters. The van der Waals surface area contributed by atoms with Crippen molar-refractivity contribution in [2.24, 2.45) is 0 Å². The molecule has 104 valence electrons. The third-order valence-electron chi connectivity index (χ3n) is 2.46. The van der Waals surface area contributed by atoms with Crippen LogP contribution in [0.15, 0.2) is 30.3 Å². The number of rotatable bonds is 2. The summed E-state index contributed by atoms with van der Waals surface area (Å²) in [6, 6.07) is 5.93. The molecule has 0 bridgehead atoms. The topological polar surface area (TPSA) is 49.3 Å². The maximum Gasteiger partial charge on any atom is 0.258 e. The van der Waals surface area contributed by atoms with Gasteiger partial charge >= 0.3 is 0 Å². The lowest BCUT2D eigenvalue weighted by atomic mass is 10.2. The molecule has 0 radical (unpaired) electrons. The molecular weight excluding hydrogens is 328 g/mol. The van der Waals surface area contributed by atoms with E-state index in [9.17, 15) is 9.18 Å². The quantitative estimate of drug-likeness (QED) is 0.779.